The first-order valence-electron chi connectivity index (χ1n) is 6.60. The van der Waals surface area contributed by atoms with Gasteiger partial charge in [-0.3, -0.25) is 25.5 Å². The molecule has 2 aromatic heterocycles. The second-order valence-electron chi connectivity index (χ2n) is 4.54. The number of thiophene rings is 1. The van der Waals surface area contributed by atoms with Gasteiger partial charge in [0.25, 0.3) is 11.8 Å². The van der Waals surface area contributed by atoms with Crippen molar-refractivity contribution >= 4 is 34.8 Å². The topological polar surface area (TPSA) is 86.9 Å². The molecule has 0 bridgehead atoms. The summed E-state index contributed by atoms with van der Waals surface area (Å²) in [5.41, 5.74) is 6.43. The molecular formula is C15H11ClN4O2S. The van der Waals surface area contributed by atoms with Gasteiger partial charge in [-0.1, -0.05) is 41.9 Å². The number of hydrogen-bond acceptors (Lipinski definition) is 4. The lowest BCUT2D eigenvalue weighted by atomic mass is 10.1. The highest BCUT2D eigenvalue weighted by molar-refractivity contribution is 7.17. The maximum atomic E-state index is 12.0. The van der Waals surface area contributed by atoms with Crippen molar-refractivity contribution in [1.29, 1.82) is 0 Å². The summed E-state index contributed by atoms with van der Waals surface area (Å²) in [6.07, 6.45) is 0. The predicted octanol–water partition coefficient (Wildman–Crippen LogP) is 2.87. The van der Waals surface area contributed by atoms with Crippen LogP contribution in [0.15, 0.2) is 48.5 Å². The van der Waals surface area contributed by atoms with Crippen LogP contribution in [0.4, 0.5) is 0 Å². The minimum absolute atomic E-state index is 0.244. The molecule has 23 heavy (non-hydrogen) atoms. The van der Waals surface area contributed by atoms with Gasteiger partial charge in [-0.25, -0.2) is 0 Å². The monoisotopic (exact) mass is 346 g/mol. The summed E-state index contributed by atoms with van der Waals surface area (Å²) < 4.78 is 0.502. The van der Waals surface area contributed by atoms with Gasteiger partial charge < -0.3 is 0 Å². The van der Waals surface area contributed by atoms with Gasteiger partial charge in [-0.2, -0.15) is 5.10 Å². The number of amides is 2. The number of carbonyl (C=O) groups is 2. The molecule has 3 rings (SSSR count). The first kappa shape index (κ1) is 15.3. The number of hydrazine groups is 1. The summed E-state index contributed by atoms with van der Waals surface area (Å²) >= 11 is 6.89. The van der Waals surface area contributed by atoms with Gasteiger partial charge in [0.05, 0.1) is 14.9 Å². The van der Waals surface area contributed by atoms with E-state index in [4.69, 9.17) is 11.6 Å². The molecule has 1 aromatic carbocycles. The molecule has 6 nitrogen and oxygen atoms in total. The van der Waals surface area contributed by atoms with E-state index in [1.807, 2.05) is 30.3 Å². The van der Waals surface area contributed by atoms with E-state index in [1.165, 1.54) is 0 Å². The Kier molecular flexibility index (Phi) is 4.40. The Balaban J connectivity index is 1.63. The largest absolute Gasteiger partial charge is 0.287 e. The lowest BCUT2D eigenvalue weighted by Gasteiger charge is -2.04. The minimum Gasteiger partial charge on any atom is -0.272 e. The van der Waals surface area contributed by atoms with Crippen molar-refractivity contribution in [2.45, 2.75) is 0 Å². The van der Waals surface area contributed by atoms with Crippen molar-refractivity contribution in [1.82, 2.24) is 21.0 Å². The highest BCUT2D eigenvalue weighted by atomic mass is 35.5. The summed E-state index contributed by atoms with van der Waals surface area (Å²) in [5, 5.41) is 6.72. The molecule has 116 valence electrons. The summed E-state index contributed by atoms with van der Waals surface area (Å²) in [7, 11) is 0. The van der Waals surface area contributed by atoms with Crippen LogP contribution in [0.5, 0.6) is 0 Å². The average Bonchev–Trinajstić information content (AvgIpc) is 3.22. The van der Waals surface area contributed by atoms with E-state index < -0.39 is 11.8 Å². The summed E-state index contributed by atoms with van der Waals surface area (Å²) in [6, 6.07) is 14.3. The Morgan fingerprint density at radius 2 is 1.78 bits per heavy atom. The van der Waals surface area contributed by atoms with Gasteiger partial charge in [0.1, 0.15) is 5.69 Å². The number of H-pyrrole nitrogens is 1. The Hall–Kier alpha value is -2.64. The molecule has 2 heterocycles. The number of halogens is 1. The zero-order valence-electron chi connectivity index (χ0n) is 11.7. The molecule has 0 atom stereocenters. The lowest BCUT2D eigenvalue weighted by molar-refractivity contribution is 0.0846. The first-order chi connectivity index (χ1) is 11.1. The first-order valence-corrected chi connectivity index (χ1v) is 7.80. The second-order valence-corrected chi connectivity index (χ2v) is 6.26. The van der Waals surface area contributed by atoms with E-state index >= 15 is 0 Å². The number of benzene rings is 1. The fourth-order valence-electron chi connectivity index (χ4n) is 1.87. The number of nitrogens with one attached hydrogen (secondary N) is 3. The predicted molar refractivity (Wildman–Crippen MR) is 88.3 cm³/mol. The molecule has 0 aliphatic carbocycles. The Bertz CT molecular complexity index is 844. The smallest absolute Gasteiger partial charge is 0.272 e. The maximum Gasteiger partial charge on any atom is 0.287 e. The van der Waals surface area contributed by atoms with E-state index in [0.717, 1.165) is 16.9 Å². The zero-order chi connectivity index (χ0) is 16.2. The Morgan fingerprint density at radius 1 is 1.04 bits per heavy atom. The van der Waals surface area contributed by atoms with Gasteiger partial charge in [0.15, 0.2) is 0 Å². The molecule has 3 aromatic rings. The number of aromatic nitrogens is 2. The molecule has 8 heteroatoms. The third-order valence-corrected chi connectivity index (χ3v) is 4.21. The van der Waals surface area contributed by atoms with Crippen LogP contribution in [-0.4, -0.2) is 22.0 Å². The molecule has 0 aliphatic rings. The molecule has 0 spiro atoms. The summed E-state index contributed by atoms with van der Waals surface area (Å²) in [4.78, 5) is 24.2. The third-order valence-electron chi connectivity index (χ3n) is 2.98. The van der Waals surface area contributed by atoms with Crippen molar-refractivity contribution in [3.63, 3.8) is 0 Å². The van der Waals surface area contributed by atoms with Crippen LogP contribution in [0.1, 0.15) is 20.2 Å². The summed E-state index contributed by atoms with van der Waals surface area (Å²) in [6.45, 7) is 0. The maximum absolute atomic E-state index is 12.0. The second kappa shape index (κ2) is 6.64. The number of carbonyl (C=O) groups excluding carboxylic acids is 2. The van der Waals surface area contributed by atoms with Crippen LogP contribution in [-0.2, 0) is 0 Å². The molecule has 0 saturated heterocycles. The van der Waals surface area contributed by atoms with Crippen LogP contribution in [0.2, 0.25) is 4.34 Å². The third kappa shape index (κ3) is 3.58. The highest BCUT2D eigenvalue weighted by Gasteiger charge is 2.13. The van der Waals surface area contributed by atoms with Crippen molar-refractivity contribution in [3.8, 4) is 11.3 Å². The molecule has 0 saturated carbocycles. The highest BCUT2D eigenvalue weighted by Crippen LogP contribution is 2.21. The standard InChI is InChI=1S/C15H11ClN4O2S/c16-13-7-6-12(23-13)15(22)20-19-14(21)11-8-10(17-18-11)9-4-2-1-3-5-9/h1-8H,(H,17,18)(H,19,21)(H,20,22). The van der Waals surface area contributed by atoms with Crippen molar-refractivity contribution in [2.75, 3.05) is 0 Å². The van der Waals surface area contributed by atoms with Crippen molar-refractivity contribution < 1.29 is 9.59 Å². The van der Waals surface area contributed by atoms with Gasteiger partial charge >= 0.3 is 0 Å². The van der Waals surface area contributed by atoms with Crippen LogP contribution >= 0.6 is 22.9 Å². The SMILES string of the molecule is O=C(NNC(=O)c1ccc(Cl)s1)c1cc(-c2ccccc2)n[nH]1. The molecule has 2 amide bonds. The van der Waals surface area contributed by atoms with E-state index in [2.05, 4.69) is 21.0 Å². The van der Waals surface area contributed by atoms with Crippen LogP contribution in [0, 0.1) is 0 Å². The van der Waals surface area contributed by atoms with Gasteiger partial charge in [0.2, 0.25) is 0 Å². The molecule has 0 radical (unpaired) electrons. The Morgan fingerprint density at radius 3 is 2.48 bits per heavy atom. The Labute approximate surface area is 140 Å². The number of rotatable bonds is 3. The fraction of sp³-hybridized carbons (Fsp3) is 0. The molecule has 3 N–H and O–H groups in total. The molecule has 0 fully saturated rings. The molecular weight excluding hydrogens is 336 g/mol. The van der Waals surface area contributed by atoms with Crippen LogP contribution in [0.3, 0.4) is 0 Å². The van der Waals surface area contributed by atoms with E-state index in [1.54, 1.807) is 18.2 Å². The average molecular weight is 347 g/mol. The molecule has 0 unspecified atom stereocenters. The number of aromatic amines is 1. The van der Waals surface area contributed by atoms with Crippen molar-refractivity contribution in [2.24, 2.45) is 0 Å². The fourth-order valence-corrected chi connectivity index (χ4v) is 2.81. The normalized spacial score (nSPS) is 10.3. The molecule has 0 aliphatic heterocycles. The van der Waals surface area contributed by atoms with Gasteiger partial charge in [-0.05, 0) is 18.2 Å². The number of hydrogen-bond donors (Lipinski definition) is 3. The quantitative estimate of drug-likeness (QED) is 0.637. The minimum atomic E-state index is -0.490. The lowest BCUT2D eigenvalue weighted by Crippen LogP contribution is -2.41. The van der Waals surface area contributed by atoms with Crippen LogP contribution < -0.4 is 10.9 Å². The van der Waals surface area contributed by atoms with Crippen molar-refractivity contribution in [3.05, 3.63) is 63.4 Å². The van der Waals surface area contributed by atoms with Crippen LogP contribution in [0.25, 0.3) is 11.3 Å². The zero-order valence-corrected chi connectivity index (χ0v) is 13.2. The number of nitrogens with zero attached hydrogens (tertiary/aromatic N) is 1. The van der Waals surface area contributed by atoms with E-state index in [-0.39, 0.29) is 5.69 Å². The van der Waals surface area contributed by atoms with E-state index in [0.29, 0.717) is 14.9 Å². The van der Waals surface area contributed by atoms with Gasteiger partial charge in [0, 0.05) is 5.56 Å². The van der Waals surface area contributed by atoms with Gasteiger partial charge in [-0.15, -0.1) is 11.3 Å². The van der Waals surface area contributed by atoms with E-state index in [9.17, 15) is 9.59 Å². The summed E-state index contributed by atoms with van der Waals surface area (Å²) in [5.74, 6) is -0.922.